The van der Waals surface area contributed by atoms with E-state index < -0.39 is 5.97 Å². The fourth-order valence-electron chi connectivity index (χ4n) is 2.51. The fourth-order valence-corrected chi connectivity index (χ4v) is 2.51. The number of rotatable bonds is 3. The standard InChI is InChI=1S/C15H19NO2/c1-12-6-4-5-11-16(12)14-8-3-2-7-13(14)9-10-15(17)18/h2-3,7-10,12H,4-6,11H2,1H3,(H,17,18)/b10-9+. The first-order valence-electron chi connectivity index (χ1n) is 6.45. The second-order valence-corrected chi connectivity index (χ2v) is 4.77. The minimum atomic E-state index is -0.906. The van der Waals surface area contributed by atoms with Crippen LogP contribution in [0.4, 0.5) is 5.69 Å². The Morgan fingerprint density at radius 2 is 2.17 bits per heavy atom. The molecule has 0 radical (unpaired) electrons. The predicted octanol–water partition coefficient (Wildman–Crippen LogP) is 3.16. The highest BCUT2D eigenvalue weighted by Crippen LogP contribution is 2.28. The highest BCUT2D eigenvalue weighted by Gasteiger charge is 2.19. The smallest absolute Gasteiger partial charge is 0.328 e. The number of benzene rings is 1. The normalized spacial score (nSPS) is 20.3. The van der Waals surface area contributed by atoms with Crippen molar-refractivity contribution in [2.24, 2.45) is 0 Å². The molecule has 96 valence electrons. The van der Waals surface area contributed by atoms with E-state index in [0.717, 1.165) is 17.8 Å². The van der Waals surface area contributed by atoms with Crippen molar-refractivity contribution in [2.45, 2.75) is 32.2 Å². The van der Waals surface area contributed by atoms with E-state index >= 15 is 0 Å². The minimum absolute atomic E-state index is 0.526. The van der Waals surface area contributed by atoms with E-state index in [9.17, 15) is 4.79 Å². The monoisotopic (exact) mass is 245 g/mol. The Morgan fingerprint density at radius 1 is 1.39 bits per heavy atom. The summed E-state index contributed by atoms with van der Waals surface area (Å²) in [6.07, 6.45) is 6.58. The number of nitrogens with zero attached hydrogens (tertiary/aromatic N) is 1. The van der Waals surface area contributed by atoms with Crippen LogP contribution < -0.4 is 4.90 Å². The summed E-state index contributed by atoms with van der Waals surface area (Å²) in [5.74, 6) is -0.906. The summed E-state index contributed by atoms with van der Waals surface area (Å²) < 4.78 is 0. The van der Waals surface area contributed by atoms with Crippen LogP contribution in [0.25, 0.3) is 6.08 Å². The molecule has 1 atom stereocenters. The lowest BCUT2D eigenvalue weighted by atomic mass is 10.0. The Labute approximate surface area is 108 Å². The summed E-state index contributed by atoms with van der Waals surface area (Å²) >= 11 is 0. The number of carbonyl (C=O) groups is 1. The van der Waals surface area contributed by atoms with Crippen molar-refractivity contribution in [3.63, 3.8) is 0 Å². The molecule has 1 aromatic rings. The third-order valence-electron chi connectivity index (χ3n) is 3.45. The molecule has 1 fully saturated rings. The Balaban J connectivity index is 2.28. The largest absolute Gasteiger partial charge is 0.478 e. The lowest BCUT2D eigenvalue weighted by molar-refractivity contribution is -0.131. The van der Waals surface area contributed by atoms with Gasteiger partial charge in [-0.15, -0.1) is 0 Å². The van der Waals surface area contributed by atoms with E-state index in [-0.39, 0.29) is 0 Å². The third-order valence-corrected chi connectivity index (χ3v) is 3.45. The van der Waals surface area contributed by atoms with Gasteiger partial charge in [0.1, 0.15) is 0 Å². The van der Waals surface area contributed by atoms with E-state index in [4.69, 9.17) is 5.11 Å². The molecular weight excluding hydrogens is 226 g/mol. The molecule has 0 amide bonds. The minimum Gasteiger partial charge on any atom is -0.478 e. The zero-order valence-corrected chi connectivity index (χ0v) is 10.7. The maximum Gasteiger partial charge on any atom is 0.328 e. The van der Waals surface area contributed by atoms with Gasteiger partial charge in [0.05, 0.1) is 0 Å². The number of piperidine rings is 1. The van der Waals surface area contributed by atoms with Gasteiger partial charge in [0.25, 0.3) is 0 Å². The molecule has 3 heteroatoms. The molecule has 1 heterocycles. The van der Waals surface area contributed by atoms with Crippen LogP contribution in [0.1, 0.15) is 31.7 Å². The fraction of sp³-hybridized carbons (Fsp3) is 0.400. The van der Waals surface area contributed by atoms with Crippen molar-refractivity contribution < 1.29 is 9.90 Å². The van der Waals surface area contributed by atoms with Crippen molar-refractivity contribution in [2.75, 3.05) is 11.4 Å². The predicted molar refractivity (Wildman–Crippen MR) is 73.8 cm³/mol. The van der Waals surface area contributed by atoms with Gasteiger partial charge in [-0.25, -0.2) is 4.79 Å². The quantitative estimate of drug-likeness (QED) is 0.831. The lowest BCUT2D eigenvalue weighted by Crippen LogP contribution is -2.37. The van der Waals surface area contributed by atoms with Crippen molar-refractivity contribution in [3.8, 4) is 0 Å². The highest BCUT2D eigenvalue weighted by atomic mass is 16.4. The van der Waals surface area contributed by atoms with Crippen LogP contribution in [0, 0.1) is 0 Å². The van der Waals surface area contributed by atoms with Gasteiger partial charge >= 0.3 is 5.97 Å². The number of aliphatic carboxylic acids is 1. The molecule has 0 aliphatic carbocycles. The molecule has 1 saturated heterocycles. The second-order valence-electron chi connectivity index (χ2n) is 4.77. The first kappa shape index (κ1) is 12.7. The molecule has 0 bridgehead atoms. The molecule has 18 heavy (non-hydrogen) atoms. The molecule has 1 unspecified atom stereocenters. The van der Waals surface area contributed by atoms with Crippen molar-refractivity contribution in [1.29, 1.82) is 0 Å². The SMILES string of the molecule is CC1CCCCN1c1ccccc1/C=C/C(=O)O. The van der Waals surface area contributed by atoms with Gasteiger partial charge in [0.15, 0.2) is 0 Å². The Kier molecular flexibility index (Phi) is 4.03. The van der Waals surface area contributed by atoms with Gasteiger partial charge in [-0.2, -0.15) is 0 Å². The van der Waals surface area contributed by atoms with Gasteiger partial charge in [-0.3, -0.25) is 0 Å². The first-order chi connectivity index (χ1) is 8.68. The van der Waals surface area contributed by atoms with Gasteiger partial charge in [-0.1, -0.05) is 18.2 Å². The van der Waals surface area contributed by atoms with Crippen LogP contribution in [-0.4, -0.2) is 23.7 Å². The number of hydrogen-bond donors (Lipinski definition) is 1. The Hall–Kier alpha value is -1.77. The summed E-state index contributed by atoms with van der Waals surface area (Å²) in [4.78, 5) is 13.0. The number of carboxylic acids is 1. The molecule has 1 aromatic carbocycles. The molecule has 1 N–H and O–H groups in total. The topological polar surface area (TPSA) is 40.5 Å². The highest BCUT2D eigenvalue weighted by molar-refractivity contribution is 5.87. The Morgan fingerprint density at radius 3 is 2.89 bits per heavy atom. The summed E-state index contributed by atoms with van der Waals surface area (Å²) in [7, 11) is 0. The lowest BCUT2D eigenvalue weighted by Gasteiger charge is -2.36. The van der Waals surface area contributed by atoms with Gasteiger partial charge in [-0.05, 0) is 43.9 Å². The number of hydrogen-bond acceptors (Lipinski definition) is 2. The summed E-state index contributed by atoms with van der Waals surface area (Å²) in [5.41, 5.74) is 2.12. The summed E-state index contributed by atoms with van der Waals surface area (Å²) in [6.45, 7) is 3.29. The van der Waals surface area contributed by atoms with Crippen LogP contribution in [-0.2, 0) is 4.79 Å². The number of para-hydroxylation sites is 1. The average molecular weight is 245 g/mol. The third kappa shape index (κ3) is 2.92. The molecule has 1 aliphatic rings. The van der Waals surface area contributed by atoms with Crippen LogP contribution in [0.3, 0.4) is 0 Å². The van der Waals surface area contributed by atoms with Crippen LogP contribution in [0.2, 0.25) is 0 Å². The van der Waals surface area contributed by atoms with E-state index in [0.29, 0.717) is 6.04 Å². The van der Waals surface area contributed by atoms with E-state index in [1.165, 1.54) is 25.3 Å². The molecule has 0 aromatic heterocycles. The second kappa shape index (κ2) is 5.71. The zero-order chi connectivity index (χ0) is 13.0. The van der Waals surface area contributed by atoms with E-state index in [2.05, 4.69) is 17.9 Å². The molecular formula is C15H19NO2. The average Bonchev–Trinajstić information content (AvgIpc) is 2.37. The van der Waals surface area contributed by atoms with E-state index in [1.54, 1.807) is 6.08 Å². The molecule has 3 nitrogen and oxygen atoms in total. The van der Waals surface area contributed by atoms with Gasteiger partial charge < -0.3 is 10.0 Å². The van der Waals surface area contributed by atoms with Gasteiger partial charge in [0, 0.05) is 24.4 Å². The Bertz CT molecular complexity index is 454. The van der Waals surface area contributed by atoms with Crippen LogP contribution in [0.5, 0.6) is 0 Å². The number of anilines is 1. The zero-order valence-electron chi connectivity index (χ0n) is 10.7. The van der Waals surface area contributed by atoms with Crippen molar-refractivity contribution in [3.05, 3.63) is 35.9 Å². The van der Waals surface area contributed by atoms with Crippen LogP contribution >= 0.6 is 0 Å². The summed E-state index contributed by atoms with van der Waals surface area (Å²) in [5, 5.41) is 8.73. The number of carboxylic acid groups (broad SMARTS) is 1. The first-order valence-corrected chi connectivity index (χ1v) is 6.45. The molecule has 0 saturated carbocycles. The van der Waals surface area contributed by atoms with Crippen molar-refractivity contribution >= 4 is 17.7 Å². The maximum atomic E-state index is 10.6. The molecule has 0 spiro atoms. The summed E-state index contributed by atoms with van der Waals surface area (Å²) in [6, 6.07) is 8.52. The molecule has 1 aliphatic heterocycles. The van der Waals surface area contributed by atoms with Crippen molar-refractivity contribution in [1.82, 2.24) is 0 Å². The van der Waals surface area contributed by atoms with Gasteiger partial charge in [0.2, 0.25) is 0 Å². The molecule has 2 rings (SSSR count). The van der Waals surface area contributed by atoms with Crippen LogP contribution in [0.15, 0.2) is 30.3 Å². The van der Waals surface area contributed by atoms with E-state index in [1.807, 2.05) is 18.2 Å². The maximum absolute atomic E-state index is 10.6.